The number of rotatable bonds is 7. The van der Waals surface area contributed by atoms with Crippen molar-refractivity contribution in [1.29, 1.82) is 0 Å². The van der Waals surface area contributed by atoms with E-state index in [4.69, 9.17) is 4.74 Å². The first kappa shape index (κ1) is 20.8. The Hall–Kier alpha value is -1.92. The Balaban J connectivity index is 1.55. The lowest BCUT2D eigenvalue weighted by atomic mass is 9.97. The minimum Gasteiger partial charge on any atom is -0.376 e. The van der Waals surface area contributed by atoms with Gasteiger partial charge in [0.15, 0.2) is 0 Å². The zero-order valence-corrected chi connectivity index (χ0v) is 17.1. The van der Waals surface area contributed by atoms with E-state index in [-0.39, 0.29) is 23.8 Å². The van der Waals surface area contributed by atoms with Gasteiger partial charge in [0, 0.05) is 33.1 Å². The van der Waals surface area contributed by atoms with Crippen LogP contribution in [0.3, 0.4) is 0 Å². The first-order chi connectivity index (χ1) is 13.5. The summed E-state index contributed by atoms with van der Waals surface area (Å²) in [6.07, 6.45) is 4.56. The van der Waals surface area contributed by atoms with Crippen LogP contribution in [0.4, 0.5) is 0 Å². The van der Waals surface area contributed by atoms with Crippen LogP contribution >= 0.6 is 0 Å². The van der Waals surface area contributed by atoms with Crippen LogP contribution in [0, 0.1) is 5.92 Å². The van der Waals surface area contributed by atoms with Gasteiger partial charge in [-0.1, -0.05) is 37.1 Å². The number of ether oxygens (including phenoxy) is 1. The third-order valence-electron chi connectivity index (χ3n) is 5.70. The highest BCUT2D eigenvalue weighted by Crippen LogP contribution is 2.28. The van der Waals surface area contributed by atoms with Crippen molar-refractivity contribution in [3.8, 4) is 0 Å². The number of nitrogens with zero attached hydrogens (tertiary/aromatic N) is 1. The summed E-state index contributed by atoms with van der Waals surface area (Å²) in [6.45, 7) is 7.63. The van der Waals surface area contributed by atoms with Gasteiger partial charge in [-0.3, -0.25) is 14.5 Å². The second kappa shape index (κ2) is 10.0. The third kappa shape index (κ3) is 6.04. The number of amides is 2. The molecule has 1 aliphatic heterocycles. The Labute approximate surface area is 168 Å². The largest absolute Gasteiger partial charge is 0.376 e. The summed E-state index contributed by atoms with van der Waals surface area (Å²) >= 11 is 0. The highest BCUT2D eigenvalue weighted by molar-refractivity contribution is 5.87. The topological polar surface area (TPSA) is 70.7 Å². The van der Waals surface area contributed by atoms with Crippen molar-refractivity contribution in [2.75, 3.05) is 19.7 Å². The number of hydrogen-bond donors (Lipinski definition) is 2. The molecule has 2 unspecified atom stereocenters. The lowest BCUT2D eigenvalue weighted by Crippen LogP contribution is -2.49. The molecule has 6 nitrogen and oxygen atoms in total. The van der Waals surface area contributed by atoms with E-state index in [2.05, 4.69) is 34.6 Å². The van der Waals surface area contributed by atoms with Crippen LogP contribution in [0.1, 0.15) is 50.7 Å². The van der Waals surface area contributed by atoms with Crippen LogP contribution in [0.25, 0.3) is 0 Å². The van der Waals surface area contributed by atoms with Gasteiger partial charge in [-0.2, -0.15) is 0 Å². The number of hydrogen-bond acceptors (Lipinski definition) is 4. The van der Waals surface area contributed by atoms with Crippen LogP contribution in [-0.4, -0.2) is 48.6 Å². The average Bonchev–Trinajstić information content (AvgIpc) is 3.19. The minimum absolute atomic E-state index is 0.0745. The lowest BCUT2D eigenvalue weighted by Gasteiger charge is -2.31. The van der Waals surface area contributed by atoms with Crippen LogP contribution in [0.5, 0.6) is 0 Å². The third-order valence-corrected chi connectivity index (χ3v) is 5.70. The SMILES string of the molecule is CC(=O)NC(C(=O)NCc1cccc(CN2CCOC(C)C2)c1)C1CCCC1. The molecule has 3 rings (SSSR count). The molecule has 2 atom stereocenters. The highest BCUT2D eigenvalue weighted by atomic mass is 16.5. The summed E-state index contributed by atoms with van der Waals surface area (Å²) in [5.74, 6) is 0.0295. The number of carbonyl (C=O) groups is 2. The quantitative estimate of drug-likeness (QED) is 0.753. The molecule has 2 N–H and O–H groups in total. The van der Waals surface area contributed by atoms with E-state index < -0.39 is 6.04 Å². The van der Waals surface area contributed by atoms with E-state index in [1.54, 1.807) is 0 Å². The second-order valence-corrected chi connectivity index (χ2v) is 8.18. The monoisotopic (exact) mass is 387 g/mol. The summed E-state index contributed by atoms with van der Waals surface area (Å²) in [4.78, 5) is 26.7. The molecule has 1 aliphatic carbocycles. The summed E-state index contributed by atoms with van der Waals surface area (Å²) < 4.78 is 5.61. The smallest absolute Gasteiger partial charge is 0.243 e. The molecule has 1 aromatic rings. The van der Waals surface area contributed by atoms with E-state index in [9.17, 15) is 9.59 Å². The Kier molecular flexibility index (Phi) is 7.45. The van der Waals surface area contributed by atoms with Gasteiger partial charge in [0.25, 0.3) is 0 Å². The summed E-state index contributed by atoms with van der Waals surface area (Å²) in [5, 5.41) is 5.89. The maximum absolute atomic E-state index is 12.7. The van der Waals surface area contributed by atoms with E-state index in [0.717, 1.165) is 57.5 Å². The molecular weight excluding hydrogens is 354 g/mol. The van der Waals surface area contributed by atoms with Crippen LogP contribution in [-0.2, 0) is 27.4 Å². The molecule has 1 saturated heterocycles. The molecule has 1 saturated carbocycles. The molecule has 154 valence electrons. The normalized spacial score (nSPS) is 22.0. The van der Waals surface area contributed by atoms with E-state index in [0.29, 0.717) is 6.54 Å². The molecule has 1 heterocycles. The molecule has 0 radical (unpaired) electrons. The number of carbonyl (C=O) groups excluding carboxylic acids is 2. The fourth-order valence-electron chi connectivity index (χ4n) is 4.34. The van der Waals surface area contributed by atoms with Crippen molar-refractivity contribution in [1.82, 2.24) is 15.5 Å². The predicted octanol–water partition coefficient (Wildman–Crippen LogP) is 2.22. The van der Waals surface area contributed by atoms with Gasteiger partial charge in [-0.05, 0) is 36.8 Å². The second-order valence-electron chi connectivity index (χ2n) is 8.18. The fourth-order valence-corrected chi connectivity index (χ4v) is 4.34. The lowest BCUT2D eigenvalue weighted by molar-refractivity contribution is -0.129. The Morgan fingerprint density at radius 2 is 2.00 bits per heavy atom. The molecule has 0 bridgehead atoms. The zero-order valence-electron chi connectivity index (χ0n) is 17.1. The molecule has 0 aromatic heterocycles. The molecule has 1 aromatic carbocycles. The maximum atomic E-state index is 12.7. The van der Waals surface area contributed by atoms with Crippen molar-refractivity contribution >= 4 is 11.8 Å². The molecule has 6 heteroatoms. The average molecular weight is 388 g/mol. The molecular formula is C22H33N3O3. The molecule has 2 aliphatic rings. The number of morpholine rings is 1. The predicted molar refractivity (Wildman–Crippen MR) is 109 cm³/mol. The molecule has 2 amide bonds. The van der Waals surface area contributed by atoms with Gasteiger partial charge in [0.1, 0.15) is 6.04 Å². The minimum atomic E-state index is -0.418. The summed E-state index contributed by atoms with van der Waals surface area (Å²) in [7, 11) is 0. The Bertz CT molecular complexity index is 673. The molecule has 28 heavy (non-hydrogen) atoms. The van der Waals surface area contributed by atoms with Gasteiger partial charge in [-0.15, -0.1) is 0 Å². The van der Waals surface area contributed by atoms with Crippen LogP contribution in [0.2, 0.25) is 0 Å². The van der Waals surface area contributed by atoms with Gasteiger partial charge in [0.05, 0.1) is 12.7 Å². The fraction of sp³-hybridized carbons (Fsp3) is 0.636. The van der Waals surface area contributed by atoms with Gasteiger partial charge < -0.3 is 15.4 Å². The Morgan fingerprint density at radius 1 is 1.25 bits per heavy atom. The van der Waals surface area contributed by atoms with E-state index in [1.165, 1.54) is 12.5 Å². The van der Waals surface area contributed by atoms with Crippen molar-refractivity contribution in [3.63, 3.8) is 0 Å². The van der Waals surface area contributed by atoms with Gasteiger partial charge in [-0.25, -0.2) is 0 Å². The first-order valence-corrected chi connectivity index (χ1v) is 10.5. The zero-order chi connectivity index (χ0) is 19.9. The van der Waals surface area contributed by atoms with Crippen LogP contribution < -0.4 is 10.6 Å². The molecule has 2 fully saturated rings. The Morgan fingerprint density at radius 3 is 2.71 bits per heavy atom. The van der Waals surface area contributed by atoms with Crippen molar-refractivity contribution in [3.05, 3.63) is 35.4 Å². The maximum Gasteiger partial charge on any atom is 0.243 e. The van der Waals surface area contributed by atoms with Gasteiger partial charge >= 0.3 is 0 Å². The van der Waals surface area contributed by atoms with Crippen molar-refractivity contribution in [2.24, 2.45) is 5.92 Å². The standard InChI is InChI=1S/C22H33N3O3/c1-16-14-25(10-11-28-16)15-19-7-5-6-18(12-19)13-23-22(27)21(24-17(2)26)20-8-3-4-9-20/h5-7,12,16,20-21H,3-4,8-11,13-15H2,1-2H3,(H,23,27)(H,24,26). The molecule has 0 spiro atoms. The van der Waals surface area contributed by atoms with E-state index in [1.807, 2.05) is 12.1 Å². The summed E-state index contributed by atoms with van der Waals surface area (Å²) in [6, 6.07) is 7.95. The van der Waals surface area contributed by atoms with Gasteiger partial charge in [0.2, 0.25) is 11.8 Å². The van der Waals surface area contributed by atoms with E-state index >= 15 is 0 Å². The summed E-state index contributed by atoms with van der Waals surface area (Å²) in [5.41, 5.74) is 2.33. The number of benzene rings is 1. The van der Waals surface area contributed by atoms with Crippen molar-refractivity contribution in [2.45, 2.75) is 64.8 Å². The number of nitrogens with one attached hydrogen (secondary N) is 2. The van der Waals surface area contributed by atoms with Crippen molar-refractivity contribution < 1.29 is 14.3 Å². The first-order valence-electron chi connectivity index (χ1n) is 10.5. The van der Waals surface area contributed by atoms with Crippen LogP contribution in [0.15, 0.2) is 24.3 Å². The highest BCUT2D eigenvalue weighted by Gasteiger charge is 2.31.